The molecule has 0 radical (unpaired) electrons. The zero-order valence-electron chi connectivity index (χ0n) is 15.4. The van der Waals surface area contributed by atoms with Crippen LogP contribution in [0.15, 0.2) is 53.3 Å². The van der Waals surface area contributed by atoms with Crippen LogP contribution in [0.1, 0.15) is 23.0 Å². The molecule has 0 saturated carbocycles. The number of carboxylic acids is 1. The van der Waals surface area contributed by atoms with Gasteiger partial charge in [-0.15, -0.1) is 0 Å². The molecule has 1 aromatic heterocycles. The Hall–Kier alpha value is -2.83. The van der Waals surface area contributed by atoms with Gasteiger partial charge in [0, 0.05) is 29.6 Å². The van der Waals surface area contributed by atoms with E-state index in [-0.39, 0.29) is 28.6 Å². The number of anilines is 1. The molecule has 0 fully saturated rings. The van der Waals surface area contributed by atoms with Crippen LogP contribution in [0.2, 0.25) is 10.0 Å². The molecule has 0 bridgehead atoms. The number of carboxylic acid groups (broad SMARTS) is 1. The summed E-state index contributed by atoms with van der Waals surface area (Å²) in [5, 5.41) is 13.4. The molecular weight excluding hydrogens is 418 g/mol. The Morgan fingerprint density at radius 1 is 1.10 bits per heavy atom. The molecule has 1 heterocycles. The Balaban J connectivity index is 2.14. The van der Waals surface area contributed by atoms with Crippen LogP contribution in [0.25, 0.3) is 11.3 Å². The van der Waals surface area contributed by atoms with Crippen molar-refractivity contribution in [2.75, 3.05) is 5.32 Å². The lowest BCUT2D eigenvalue weighted by atomic mass is 10.0. The van der Waals surface area contributed by atoms with E-state index >= 15 is 0 Å². The average Bonchev–Trinajstić information content (AvgIpc) is 2.68. The smallest absolute Gasteiger partial charge is 0.341 e. The quantitative estimate of drug-likeness (QED) is 0.552. The molecular formula is C21H17Cl2FN2O3. The van der Waals surface area contributed by atoms with E-state index in [2.05, 4.69) is 5.32 Å². The van der Waals surface area contributed by atoms with Gasteiger partial charge >= 0.3 is 5.97 Å². The Kier molecular flexibility index (Phi) is 6.25. The van der Waals surface area contributed by atoms with Crippen molar-refractivity contribution in [3.63, 3.8) is 0 Å². The monoisotopic (exact) mass is 434 g/mol. The van der Waals surface area contributed by atoms with Gasteiger partial charge in [0.05, 0.1) is 22.3 Å². The van der Waals surface area contributed by atoms with Crippen molar-refractivity contribution in [3.05, 3.63) is 85.9 Å². The van der Waals surface area contributed by atoms with Gasteiger partial charge in [0.15, 0.2) is 5.43 Å². The van der Waals surface area contributed by atoms with Crippen LogP contribution in [0, 0.1) is 5.82 Å². The standard InChI is InChI=1S/C21H17Cl2FN2O3/c1-2-26-15(11-25-14-6-4-13(24)5-7-14)10-18(27)19(21(28)29)20(26)12-3-8-16(22)17(23)9-12/h3-10,25H,2,11H2,1H3,(H,28,29). The fourth-order valence-electron chi connectivity index (χ4n) is 3.11. The first-order valence-electron chi connectivity index (χ1n) is 8.76. The molecule has 0 amide bonds. The average molecular weight is 435 g/mol. The molecule has 0 aliphatic carbocycles. The predicted octanol–water partition coefficient (Wildman–Crippen LogP) is 5.29. The lowest BCUT2D eigenvalue weighted by Crippen LogP contribution is -2.24. The SMILES string of the molecule is CCn1c(CNc2ccc(F)cc2)cc(=O)c(C(=O)O)c1-c1ccc(Cl)c(Cl)c1. The summed E-state index contributed by atoms with van der Waals surface area (Å²) >= 11 is 12.1. The van der Waals surface area contributed by atoms with Crippen molar-refractivity contribution >= 4 is 34.9 Å². The third-order valence-corrected chi connectivity index (χ3v) is 5.18. The number of nitrogens with one attached hydrogen (secondary N) is 1. The molecule has 0 unspecified atom stereocenters. The minimum absolute atomic E-state index is 0.239. The number of rotatable bonds is 6. The lowest BCUT2D eigenvalue weighted by Gasteiger charge is -2.20. The van der Waals surface area contributed by atoms with Crippen LogP contribution in [-0.2, 0) is 13.1 Å². The highest BCUT2D eigenvalue weighted by molar-refractivity contribution is 6.42. The van der Waals surface area contributed by atoms with Crippen LogP contribution >= 0.6 is 23.2 Å². The van der Waals surface area contributed by atoms with Gasteiger partial charge < -0.3 is 15.0 Å². The third kappa shape index (κ3) is 4.44. The van der Waals surface area contributed by atoms with Crippen molar-refractivity contribution in [1.29, 1.82) is 0 Å². The topological polar surface area (TPSA) is 71.3 Å². The summed E-state index contributed by atoms with van der Waals surface area (Å²) in [4.78, 5) is 24.5. The fraction of sp³-hybridized carbons (Fsp3) is 0.143. The molecule has 3 aromatic rings. The maximum atomic E-state index is 13.1. The van der Waals surface area contributed by atoms with Crippen molar-refractivity contribution in [1.82, 2.24) is 4.57 Å². The van der Waals surface area contributed by atoms with Gasteiger partial charge in [-0.05, 0) is 43.3 Å². The molecule has 0 spiro atoms. The molecule has 0 aliphatic heterocycles. The van der Waals surface area contributed by atoms with Crippen molar-refractivity contribution in [3.8, 4) is 11.3 Å². The van der Waals surface area contributed by atoms with Gasteiger partial charge in [0.1, 0.15) is 11.4 Å². The van der Waals surface area contributed by atoms with E-state index < -0.39 is 11.4 Å². The number of nitrogens with zero attached hydrogens (tertiary/aromatic N) is 1. The van der Waals surface area contributed by atoms with Crippen molar-refractivity contribution in [2.45, 2.75) is 20.0 Å². The highest BCUT2D eigenvalue weighted by Crippen LogP contribution is 2.30. The van der Waals surface area contributed by atoms with Gasteiger partial charge in [0.2, 0.25) is 0 Å². The summed E-state index contributed by atoms with van der Waals surface area (Å²) in [6, 6.07) is 11.8. The number of aromatic nitrogens is 1. The van der Waals surface area contributed by atoms with Crippen molar-refractivity contribution in [2.24, 2.45) is 0 Å². The molecule has 0 atom stereocenters. The van der Waals surface area contributed by atoms with E-state index in [0.717, 1.165) is 0 Å². The van der Waals surface area contributed by atoms with E-state index in [0.29, 0.717) is 28.5 Å². The maximum absolute atomic E-state index is 13.1. The molecule has 2 N–H and O–H groups in total. The first-order valence-corrected chi connectivity index (χ1v) is 9.52. The summed E-state index contributed by atoms with van der Waals surface area (Å²) < 4.78 is 14.8. The fourth-order valence-corrected chi connectivity index (χ4v) is 3.41. The number of halogens is 3. The number of pyridine rings is 1. The van der Waals surface area contributed by atoms with Crippen LogP contribution in [0.4, 0.5) is 10.1 Å². The highest BCUT2D eigenvalue weighted by Gasteiger charge is 2.22. The summed E-state index contributed by atoms with van der Waals surface area (Å²) in [5.74, 6) is -1.68. The first-order chi connectivity index (χ1) is 13.8. The minimum atomic E-state index is -1.32. The third-order valence-electron chi connectivity index (χ3n) is 4.44. The molecule has 2 aromatic carbocycles. The van der Waals surface area contributed by atoms with Gasteiger partial charge in [0.25, 0.3) is 0 Å². The number of aromatic carboxylic acids is 1. The van der Waals surface area contributed by atoms with Crippen molar-refractivity contribution < 1.29 is 14.3 Å². The van der Waals surface area contributed by atoms with E-state index in [9.17, 15) is 19.1 Å². The van der Waals surface area contributed by atoms with E-state index in [1.54, 1.807) is 28.8 Å². The normalized spacial score (nSPS) is 10.8. The summed E-state index contributed by atoms with van der Waals surface area (Å²) in [7, 11) is 0. The van der Waals surface area contributed by atoms with E-state index in [4.69, 9.17) is 23.2 Å². The predicted molar refractivity (Wildman–Crippen MR) is 113 cm³/mol. The molecule has 150 valence electrons. The Morgan fingerprint density at radius 2 is 1.79 bits per heavy atom. The summed E-state index contributed by atoms with van der Waals surface area (Å²) in [5.41, 5.74) is 1.02. The molecule has 5 nitrogen and oxygen atoms in total. The van der Waals surface area contributed by atoms with Crippen LogP contribution in [0.3, 0.4) is 0 Å². The molecule has 0 saturated heterocycles. The van der Waals surface area contributed by atoms with E-state index in [1.807, 2.05) is 6.92 Å². The number of hydrogen-bond donors (Lipinski definition) is 2. The van der Waals surface area contributed by atoms with Crippen LogP contribution < -0.4 is 10.7 Å². The number of carbonyl (C=O) groups is 1. The molecule has 29 heavy (non-hydrogen) atoms. The molecule has 0 aliphatic rings. The second-order valence-corrected chi connectivity index (χ2v) is 7.08. The van der Waals surface area contributed by atoms with Crippen LogP contribution in [-0.4, -0.2) is 15.6 Å². The number of benzene rings is 2. The zero-order valence-corrected chi connectivity index (χ0v) is 16.9. The Labute approximate surface area is 176 Å². The second kappa shape index (κ2) is 8.68. The molecule has 8 heteroatoms. The van der Waals surface area contributed by atoms with Gasteiger partial charge in [-0.2, -0.15) is 0 Å². The minimum Gasteiger partial charge on any atom is -0.477 e. The Morgan fingerprint density at radius 3 is 2.38 bits per heavy atom. The lowest BCUT2D eigenvalue weighted by molar-refractivity contribution is 0.0695. The first kappa shape index (κ1) is 20.9. The second-order valence-electron chi connectivity index (χ2n) is 6.26. The zero-order chi connectivity index (χ0) is 21.1. The number of hydrogen-bond acceptors (Lipinski definition) is 3. The summed E-state index contributed by atoms with van der Waals surface area (Å²) in [6.07, 6.45) is 0. The van der Waals surface area contributed by atoms with E-state index in [1.165, 1.54) is 24.3 Å². The van der Waals surface area contributed by atoms with Crippen LogP contribution in [0.5, 0.6) is 0 Å². The van der Waals surface area contributed by atoms with Gasteiger partial charge in [-0.3, -0.25) is 4.79 Å². The van der Waals surface area contributed by atoms with Gasteiger partial charge in [-0.25, -0.2) is 9.18 Å². The largest absolute Gasteiger partial charge is 0.477 e. The summed E-state index contributed by atoms with van der Waals surface area (Å²) in [6.45, 7) is 2.50. The van der Waals surface area contributed by atoms with Gasteiger partial charge in [-0.1, -0.05) is 29.3 Å². The molecule has 3 rings (SSSR count). The Bertz CT molecular complexity index is 1130. The highest BCUT2D eigenvalue weighted by atomic mass is 35.5. The maximum Gasteiger partial charge on any atom is 0.341 e.